The Morgan fingerprint density at radius 3 is 2.40 bits per heavy atom. The molecule has 1 saturated heterocycles. The highest BCUT2D eigenvalue weighted by molar-refractivity contribution is 7.76. The van der Waals surface area contributed by atoms with Gasteiger partial charge >= 0.3 is 0 Å². The summed E-state index contributed by atoms with van der Waals surface area (Å²) in [6.45, 7) is 0.911. The van der Waals surface area contributed by atoms with Gasteiger partial charge in [-0.25, -0.2) is 4.31 Å². The van der Waals surface area contributed by atoms with Gasteiger partial charge < -0.3 is 9.66 Å². The molecule has 1 fully saturated rings. The topological polar surface area (TPSA) is 63.6 Å². The van der Waals surface area contributed by atoms with E-state index in [4.69, 9.17) is 5.11 Å². The normalized spacial score (nSPS) is 26.6. The summed E-state index contributed by atoms with van der Waals surface area (Å²) >= 11 is -2.09. The van der Waals surface area contributed by atoms with E-state index in [0.717, 1.165) is 0 Å². The van der Waals surface area contributed by atoms with Crippen molar-refractivity contribution in [2.75, 3.05) is 13.1 Å². The van der Waals surface area contributed by atoms with E-state index >= 15 is 0 Å². The van der Waals surface area contributed by atoms with E-state index in [9.17, 15) is 8.76 Å². The summed E-state index contributed by atoms with van der Waals surface area (Å²) in [4.78, 5) is 0. The molecule has 0 amide bonds. The average Bonchev–Trinajstić information content (AvgIpc) is 1.88. The first-order valence-electron chi connectivity index (χ1n) is 3.22. The van der Waals surface area contributed by atoms with E-state index in [1.54, 1.807) is 0 Å². The highest BCUT2D eigenvalue weighted by atomic mass is 32.2. The third kappa shape index (κ3) is 2.02. The smallest absolute Gasteiger partial charge is 0.0565 e. The van der Waals surface area contributed by atoms with Crippen LogP contribution in [0.4, 0.5) is 0 Å². The summed E-state index contributed by atoms with van der Waals surface area (Å²) < 4.78 is 21.9. The minimum atomic E-state index is -2.09. The molecule has 60 valence electrons. The van der Waals surface area contributed by atoms with E-state index < -0.39 is 11.3 Å². The number of piperidine rings is 1. The van der Waals surface area contributed by atoms with Gasteiger partial charge in [-0.1, -0.05) is 0 Å². The predicted molar refractivity (Wildman–Crippen MR) is 35.7 cm³/mol. The van der Waals surface area contributed by atoms with E-state index in [1.807, 2.05) is 0 Å². The van der Waals surface area contributed by atoms with Crippen molar-refractivity contribution in [1.82, 2.24) is 4.31 Å². The molecule has 1 N–H and O–H groups in total. The van der Waals surface area contributed by atoms with Gasteiger partial charge in [0.05, 0.1) is 6.10 Å². The van der Waals surface area contributed by atoms with Crippen molar-refractivity contribution in [2.24, 2.45) is 0 Å². The average molecular weight is 164 g/mol. The molecule has 10 heavy (non-hydrogen) atoms. The highest BCUT2D eigenvalue weighted by Gasteiger charge is 2.16. The van der Waals surface area contributed by atoms with Crippen molar-refractivity contribution >= 4 is 11.3 Å². The fourth-order valence-corrected chi connectivity index (χ4v) is 1.50. The lowest BCUT2D eigenvalue weighted by molar-refractivity contribution is 0.112. The first kappa shape index (κ1) is 8.13. The summed E-state index contributed by atoms with van der Waals surface area (Å²) in [6, 6.07) is 0. The highest BCUT2D eigenvalue weighted by Crippen LogP contribution is 2.10. The molecule has 4 nitrogen and oxygen atoms in total. The number of aliphatic hydroxyl groups is 1. The standard InChI is InChI=1S/C5H11NO3S/c7-5-1-3-6(4-2-5)10(8)9/h5,7H,1-4H2,(H,8,9)/p-1. The van der Waals surface area contributed by atoms with Gasteiger partial charge in [-0.3, -0.25) is 4.21 Å². The van der Waals surface area contributed by atoms with Crippen LogP contribution in [-0.2, 0) is 11.3 Å². The van der Waals surface area contributed by atoms with Crippen LogP contribution in [0.1, 0.15) is 12.8 Å². The predicted octanol–water partition coefficient (Wildman–Crippen LogP) is -0.763. The number of hydrogen-bond acceptors (Lipinski definition) is 3. The Morgan fingerprint density at radius 2 is 2.00 bits per heavy atom. The minimum Gasteiger partial charge on any atom is -0.760 e. The van der Waals surface area contributed by atoms with E-state index in [-0.39, 0.29) is 6.10 Å². The molecule has 1 atom stereocenters. The summed E-state index contributed by atoms with van der Waals surface area (Å²) in [5.74, 6) is 0. The van der Waals surface area contributed by atoms with Crippen LogP contribution in [0.15, 0.2) is 0 Å². The molecule has 0 aromatic rings. The van der Waals surface area contributed by atoms with Crippen molar-refractivity contribution in [3.05, 3.63) is 0 Å². The van der Waals surface area contributed by atoms with Crippen LogP contribution in [0.5, 0.6) is 0 Å². The molecule has 1 rings (SSSR count). The number of rotatable bonds is 1. The number of aliphatic hydroxyl groups excluding tert-OH is 1. The van der Waals surface area contributed by atoms with Crippen molar-refractivity contribution in [3.8, 4) is 0 Å². The van der Waals surface area contributed by atoms with Crippen LogP contribution < -0.4 is 0 Å². The molecule has 5 heteroatoms. The quantitative estimate of drug-likeness (QED) is 0.518. The molecule has 0 saturated carbocycles. The van der Waals surface area contributed by atoms with Crippen molar-refractivity contribution in [3.63, 3.8) is 0 Å². The van der Waals surface area contributed by atoms with Gasteiger partial charge in [-0.2, -0.15) is 0 Å². The van der Waals surface area contributed by atoms with Gasteiger partial charge in [0.25, 0.3) is 0 Å². The molecule has 1 aliphatic rings. The molecule has 0 aliphatic carbocycles. The van der Waals surface area contributed by atoms with E-state index in [2.05, 4.69) is 0 Å². The van der Waals surface area contributed by atoms with Crippen molar-refractivity contribution < 1.29 is 13.9 Å². The molecule has 0 aromatic carbocycles. The molecular weight excluding hydrogens is 154 g/mol. The maximum atomic E-state index is 10.3. The third-order valence-electron chi connectivity index (χ3n) is 1.63. The lowest BCUT2D eigenvalue weighted by Crippen LogP contribution is -2.36. The summed E-state index contributed by atoms with van der Waals surface area (Å²) in [5.41, 5.74) is 0. The summed E-state index contributed by atoms with van der Waals surface area (Å²) in [5, 5.41) is 8.98. The SMILES string of the molecule is O=S([O-])N1CCC(O)CC1. The number of hydrogen-bond donors (Lipinski definition) is 1. The fourth-order valence-electron chi connectivity index (χ4n) is 0.991. The Bertz CT molecular complexity index is 133. The van der Waals surface area contributed by atoms with Crippen LogP contribution in [0.3, 0.4) is 0 Å². The maximum absolute atomic E-state index is 10.3. The second-order valence-corrected chi connectivity index (χ2v) is 3.33. The van der Waals surface area contributed by atoms with E-state index in [1.165, 1.54) is 4.31 Å². The maximum Gasteiger partial charge on any atom is 0.0565 e. The zero-order valence-corrected chi connectivity index (χ0v) is 6.34. The van der Waals surface area contributed by atoms with E-state index in [0.29, 0.717) is 25.9 Å². The van der Waals surface area contributed by atoms with Gasteiger partial charge in [0.15, 0.2) is 0 Å². The second-order valence-electron chi connectivity index (χ2n) is 2.38. The third-order valence-corrected chi connectivity index (χ3v) is 2.42. The number of nitrogens with zero attached hydrogens (tertiary/aromatic N) is 1. The van der Waals surface area contributed by atoms with Gasteiger partial charge in [0.1, 0.15) is 0 Å². The van der Waals surface area contributed by atoms with Gasteiger partial charge in [0.2, 0.25) is 0 Å². The monoisotopic (exact) mass is 164 g/mol. The summed E-state index contributed by atoms with van der Waals surface area (Å²) in [7, 11) is 0. The van der Waals surface area contributed by atoms with Gasteiger partial charge in [0, 0.05) is 24.4 Å². The Hall–Kier alpha value is 0.0300. The molecule has 0 aromatic heterocycles. The molecule has 1 heterocycles. The lowest BCUT2D eigenvalue weighted by Gasteiger charge is -2.30. The van der Waals surface area contributed by atoms with Crippen molar-refractivity contribution in [1.29, 1.82) is 0 Å². The first-order valence-corrected chi connectivity index (χ1v) is 4.25. The van der Waals surface area contributed by atoms with Gasteiger partial charge in [-0.15, -0.1) is 0 Å². The molecule has 1 unspecified atom stereocenters. The molecule has 1 aliphatic heterocycles. The Labute approximate surface area is 62.3 Å². The zero-order chi connectivity index (χ0) is 7.56. The fraction of sp³-hybridized carbons (Fsp3) is 1.00. The zero-order valence-electron chi connectivity index (χ0n) is 5.52. The van der Waals surface area contributed by atoms with Crippen LogP contribution in [0.25, 0.3) is 0 Å². The Morgan fingerprint density at radius 1 is 1.50 bits per heavy atom. The van der Waals surface area contributed by atoms with Crippen LogP contribution in [0.2, 0.25) is 0 Å². The molecular formula is C5H10NO3S-. The van der Waals surface area contributed by atoms with Crippen LogP contribution in [-0.4, -0.2) is 37.4 Å². The largest absolute Gasteiger partial charge is 0.760 e. The van der Waals surface area contributed by atoms with Crippen LogP contribution in [0, 0.1) is 0 Å². The first-order chi connectivity index (χ1) is 4.70. The summed E-state index contributed by atoms with van der Waals surface area (Å²) in [6.07, 6.45) is 0.821. The Balaban J connectivity index is 2.33. The molecule has 0 spiro atoms. The Kier molecular flexibility index (Phi) is 2.79. The van der Waals surface area contributed by atoms with Crippen LogP contribution >= 0.6 is 0 Å². The molecule has 0 radical (unpaired) electrons. The molecule has 0 bridgehead atoms. The van der Waals surface area contributed by atoms with Gasteiger partial charge in [-0.05, 0) is 12.8 Å². The van der Waals surface area contributed by atoms with Crippen molar-refractivity contribution in [2.45, 2.75) is 18.9 Å². The second kappa shape index (κ2) is 3.43. The lowest BCUT2D eigenvalue weighted by atomic mass is 10.1. The minimum absolute atomic E-state index is 0.306.